The molecule has 112 valence electrons. The molecular weight excluding hydrogens is 333 g/mol. The minimum atomic E-state index is -4.86. The molecule has 21 heavy (non-hydrogen) atoms. The first-order chi connectivity index (χ1) is 9.68. The molecule has 1 amide bonds. The Labute approximate surface area is 120 Å². The van der Waals surface area contributed by atoms with Gasteiger partial charge < -0.3 is 15.1 Å². The molecule has 1 heterocycles. The Morgan fingerprint density at radius 1 is 1.33 bits per heavy atom. The Balaban J connectivity index is 2.29. The number of hydrogen-bond acceptors (Lipinski definition) is 4. The van der Waals surface area contributed by atoms with Gasteiger partial charge >= 0.3 is 7.75 Å². The number of nitrogens with one attached hydrogen (secondary N) is 1. The Morgan fingerprint density at radius 3 is 2.52 bits per heavy atom. The first-order valence-electron chi connectivity index (χ1n) is 5.14. The van der Waals surface area contributed by atoms with E-state index >= 15 is 0 Å². The number of rotatable bonds is 3. The number of benzene rings is 1. The van der Waals surface area contributed by atoms with Crippen LogP contribution in [-0.4, -0.2) is 30.5 Å². The van der Waals surface area contributed by atoms with E-state index in [1.54, 1.807) is 0 Å². The monoisotopic (exact) mass is 338 g/mol. The smallest absolute Gasteiger partial charge is 0.318 e. The van der Waals surface area contributed by atoms with Crippen LogP contribution in [0.2, 0.25) is 5.15 Å². The quantitative estimate of drug-likeness (QED) is 0.728. The van der Waals surface area contributed by atoms with Crippen molar-refractivity contribution in [2.75, 3.05) is 5.32 Å². The van der Waals surface area contributed by atoms with Crippen molar-refractivity contribution in [3.8, 4) is 0 Å². The zero-order valence-corrected chi connectivity index (χ0v) is 11.5. The lowest BCUT2D eigenvalue weighted by atomic mass is 10.3. The van der Waals surface area contributed by atoms with Gasteiger partial charge in [0, 0.05) is 6.07 Å². The lowest BCUT2D eigenvalue weighted by Crippen LogP contribution is -2.14. The van der Waals surface area contributed by atoms with Crippen molar-refractivity contribution in [1.82, 2.24) is 14.8 Å². The fourth-order valence-corrected chi connectivity index (χ4v) is 1.97. The van der Waals surface area contributed by atoms with E-state index in [0.717, 1.165) is 12.1 Å². The average Bonchev–Trinajstić information content (AvgIpc) is 2.75. The van der Waals surface area contributed by atoms with Gasteiger partial charge in [-0.2, -0.15) is 0 Å². The third kappa shape index (κ3) is 3.42. The fraction of sp³-hybridized carbons (Fsp3) is 0. The predicted molar refractivity (Wildman–Crippen MR) is 66.8 cm³/mol. The molecule has 12 heteroatoms. The second-order valence-corrected chi connectivity index (χ2v) is 5.44. The third-order valence-electron chi connectivity index (χ3n) is 2.19. The normalized spacial score (nSPS) is 11.5. The number of anilines is 1. The molecule has 0 spiro atoms. The van der Waals surface area contributed by atoms with Crippen molar-refractivity contribution < 1.29 is 27.9 Å². The Morgan fingerprint density at radius 2 is 2.00 bits per heavy atom. The number of hydrogen-bond donors (Lipinski definition) is 3. The van der Waals surface area contributed by atoms with Crippen molar-refractivity contribution in [3.05, 3.63) is 40.7 Å². The highest BCUT2D eigenvalue weighted by molar-refractivity contribution is 7.49. The first kappa shape index (κ1) is 15.5. The van der Waals surface area contributed by atoms with E-state index in [-0.39, 0.29) is 10.3 Å². The van der Waals surface area contributed by atoms with Crippen LogP contribution in [0.15, 0.2) is 18.2 Å². The molecule has 1 aromatic carbocycles. The summed E-state index contributed by atoms with van der Waals surface area (Å²) in [7, 11) is -4.86. The summed E-state index contributed by atoms with van der Waals surface area (Å²) in [4.78, 5) is 29.4. The highest BCUT2D eigenvalue weighted by atomic mass is 35.5. The molecule has 2 aromatic rings. The Kier molecular flexibility index (Phi) is 4.06. The van der Waals surface area contributed by atoms with Crippen LogP contribution in [0.4, 0.5) is 14.5 Å². The molecule has 8 nitrogen and oxygen atoms in total. The molecule has 0 bridgehead atoms. The van der Waals surface area contributed by atoms with Gasteiger partial charge in [-0.05, 0) is 12.1 Å². The van der Waals surface area contributed by atoms with E-state index in [2.05, 4.69) is 10.2 Å². The Hall–Kier alpha value is -1.87. The minimum Gasteiger partial charge on any atom is -0.318 e. The van der Waals surface area contributed by atoms with E-state index < -0.39 is 36.1 Å². The van der Waals surface area contributed by atoms with Crippen LogP contribution >= 0.6 is 19.3 Å². The van der Waals surface area contributed by atoms with Crippen LogP contribution in [0.25, 0.3) is 0 Å². The van der Waals surface area contributed by atoms with Gasteiger partial charge in [-0.3, -0.25) is 4.79 Å². The lowest BCUT2D eigenvalue weighted by molar-refractivity contribution is 0.102. The van der Waals surface area contributed by atoms with Crippen molar-refractivity contribution in [1.29, 1.82) is 0 Å². The van der Waals surface area contributed by atoms with E-state index in [4.69, 9.17) is 21.4 Å². The van der Waals surface area contributed by atoms with Gasteiger partial charge in [0.05, 0.1) is 5.69 Å². The van der Waals surface area contributed by atoms with Gasteiger partial charge in [0.2, 0.25) is 0 Å². The first-order valence-corrected chi connectivity index (χ1v) is 7.08. The minimum absolute atomic E-state index is 0.0364. The summed E-state index contributed by atoms with van der Waals surface area (Å²) < 4.78 is 37.0. The van der Waals surface area contributed by atoms with E-state index in [9.17, 15) is 18.1 Å². The number of halogens is 3. The molecule has 1 aromatic heterocycles. The van der Waals surface area contributed by atoms with Crippen LogP contribution in [-0.2, 0) is 4.57 Å². The van der Waals surface area contributed by atoms with Crippen LogP contribution in [0.3, 0.4) is 0 Å². The molecular formula is C9H6ClF2N4O4P. The summed E-state index contributed by atoms with van der Waals surface area (Å²) >= 11 is 5.52. The summed E-state index contributed by atoms with van der Waals surface area (Å²) in [6, 6.07) is 2.42. The topological polar surface area (TPSA) is 117 Å². The van der Waals surface area contributed by atoms with Crippen LogP contribution in [0.5, 0.6) is 0 Å². The standard InChI is InChI=1S/C9H6ClF2N4O4P/c10-8-7(14-16(15-8)21(18,19)20)9(17)13-6-2-1-4(11)3-5(6)12/h1-3H,(H,13,17)(H2,18,19,20). The van der Waals surface area contributed by atoms with E-state index in [1.165, 1.54) is 0 Å². The maximum atomic E-state index is 13.4. The molecule has 3 N–H and O–H groups in total. The molecule has 0 unspecified atom stereocenters. The Bertz CT molecular complexity index is 762. The fourth-order valence-electron chi connectivity index (χ4n) is 1.31. The SMILES string of the molecule is O=C(Nc1ccc(F)cc1F)c1nn(P(=O)(O)O)nc1Cl. The molecule has 0 aliphatic rings. The third-order valence-corrected chi connectivity index (χ3v) is 3.09. The lowest BCUT2D eigenvalue weighted by Gasteiger charge is -2.04. The number of nitrogens with zero attached hydrogens (tertiary/aromatic N) is 3. The van der Waals surface area contributed by atoms with Gasteiger partial charge in [-0.1, -0.05) is 16.2 Å². The maximum Gasteiger partial charge on any atom is 0.466 e. The summed E-state index contributed by atoms with van der Waals surface area (Å²) in [5.41, 5.74) is -0.980. The zero-order valence-electron chi connectivity index (χ0n) is 9.87. The summed E-state index contributed by atoms with van der Waals surface area (Å²) in [5.74, 6) is -2.94. The van der Waals surface area contributed by atoms with Gasteiger partial charge in [0.15, 0.2) is 10.8 Å². The molecule has 0 saturated carbocycles. The second kappa shape index (κ2) is 5.49. The molecule has 0 fully saturated rings. The van der Waals surface area contributed by atoms with Gasteiger partial charge in [-0.15, -0.1) is 10.2 Å². The predicted octanol–water partition coefficient (Wildman–Crippen LogP) is 1.40. The van der Waals surface area contributed by atoms with Crippen LogP contribution in [0.1, 0.15) is 10.5 Å². The summed E-state index contributed by atoms with van der Waals surface area (Å²) in [6.07, 6.45) is 0. The molecule has 0 aliphatic heterocycles. The zero-order chi connectivity index (χ0) is 15.8. The molecule has 0 atom stereocenters. The van der Waals surface area contributed by atoms with Crippen molar-refractivity contribution in [2.24, 2.45) is 0 Å². The molecule has 0 saturated heterocycles. The van der Waals surface area contributed by atoms with E-state index in [1.807, 2.05) is 5.32 Å². The highest BCUT2D eigenvalue weighted by Crippen LogP contribution is 2.35. The van der Waals surface area contributed by atoms with E-state index in [0.29, 0.717) is 6.07 Å². The van der Waals surface area contributed by atoms with Gasteiger partial charge in [0.25, 0.3) is 5.91 Å². The van der Waals surface area contributed by atoms with Crippen molar-refractivity contribution >= 4 is 30.9 Å². The molecule has 2 rings (SSSR count). The number of carbonyl (C=O) groups is 1. The number of amides is 1. The number of aromatic nitrogens is 3. The van der Waals surface area contributed by atoms with Crippen LogP contribution in [0, 0.1) is 11.6 Å². The van der Waals surface area contributed by atoms with Gasteiger partial charge in [0.1, 0.15) is 11.6 Å². The average molecular weight is 339 g/mol. The van der Waals surface area contributed by atoms with Crippen molar-refractivity contribution in [2.45, 2.75) is 0 Å². The molecule has 0 aliphatic carbocycles. The second-order valence-electron chi connectivity index (χ2n) is 3.70. The summed E-state index contributed by atoms with van der Waals surface area (Å²) in [5, 5.41) is 7.84. The van der Waals surface area contributed by atoms with Gasteiger partial charge in [-0.25, -0.2) is 13.3 Å². The summed E-state index contributed by atoms with van der Waals surface area (Å²) in [6.45, 7) is 0. The molecule has 0 radical (unpaired) electrons. The highest BCUT2D eigenvalue weighted by Gasteiger charge is 2.26. The van der Waals surface area contributed by atoms with Crippen molar-refractivity contribution in [3.63, 3.8) is 0 Å². The van der Waals surface area contributed by atoms with Crippen LogP contribution < -0.4 is 5.32 Å². The number of carbonyl (C=O) groups excluding carboxylic acids is 1. The largest absolute Gasteiger partial charge is 0.466 e. The maximum absolute atomic E-state index is 13.4.